The molecule has 74 valence electrons. The largest absolute Gasteiger partial charge is 0.197 e. The van der Waals surface area contributed by atoms with Crippen molar-refractivity contribution in [2.45, 2.75) is 20.3 Å². The first kappa shape index (κ1) is 8.74. The van der Waals surface area contributed by atoms with E-state index in [-0.39, 0.29) is 16.2 Å². The van der Waals surface area contributed by atoms with Crippen LogP contribution in [0.4, 0.5) is 0 Å². The van der Waals surface area contributed by atoms with Gasteiger partial charge in [-0.1, -0.05) is 26.0 Å². The third-order valence-corrected chi connectivity index (χ3v) is 5.10. The Hall–Kier alpha value is -1.54. The minimum Gasteiger partial charge on any atom is -0.197 e. The second kappa shape index (κ2) is 2.02. The molecule has 4 unspecified atom stereocenters. The van der Waals surface area contributed by atoms with E-state index in [1.165, 1.54) is 0 Å². The van der Waals surface area contributed by atoms with Gasteiger partial charge in [0.05, 0.1) is 17.6 Å². The Morgan fingerprint density at radius 1 is 1.47 bits per heavy atom. The van der Waals surface area contributed by atoms with Gasteiger partial charge in [-0.15, -0.1) is 0 Å². The van der Waals surface area contributed by atoms with Crippen LogP contribution < -0.4 is 0 Å². The van der Waals surface area contributed by atoms with Gasteiger partial charge in [-0.3, -0.25) is 0 Å². The van der Waals surface area contributed by atoms with Crippen LogP contribution in [0.25, 0.3) is 0 Å². The van der Waals surface area contributed by atoms with Gasteiger partial charge < -0.3 is 0 Å². The second-order valence-electron chi connectivity index (χ2n) is 5.01. The summed E-state index contributed by atoms with van der Waals surface area (Å²) in [6.07, 6.45) is 7.16. The third-order valence-electron chi connectivity index (χ3n) is 5.10. The predicted molar refractivity (Wildman–Crippen MR) is 55.2 cm³/mol. The van der Waals surface area contributed by atoms with Crippen molar-refractivity contribution in [1.82, 2.24) is 0 Å². The standard InChI is InChI=1S/C13H12N2/c1-3-12-5-4-10-11(12,2)13(10,8-15)6-9(12)7-14/h4-6,10H,3H2,1-2H3. The van der Waals surface area contributed by atoms with E-state index in [9.17, 15) is 10.5 Å². The van der Waals surface area contributed by atoms with Gasteiger partial charge in [0.15, 0.2) is 0 Å². The highest BCUT2D eigenvalue weighted by atomic mass is 14.8. The number of rotatable bonds is 1. The van der Waals surface area contributed by atoms with Crippen LogP contribution in [-0.2, 0) is 0 Å². The number of allylic oxidation sites excluding steroid dienone is 4. The first-order valence-corrected chi connectivity index (χ1v) is 5.37. The maximum Gasteiger partial charge on any atom is 0.0953 e. The lowest BCUT2D eigenvalue weighted by Crippen LogP contribution is -2.27. The molecule has 0 radical (unpaired) electrons. The van der Waals surface area contributed by atoms with Crippen molar-refractivity contribution in [3.05, 3.63) is 23.8 Å². The molecule has 2 nitrogen and oxygen atoms in total. The summed E-state index contributed by atoms with van der Waals surface area (Å²) in [6.45, 7) is 4.26. The summed E-state index contributed by atoms with van der Waals surface area (Å²) < 4.78 is 0. The Bertz CT molecular complexity index is 502. The third kappa shape index (κ3) is 0.515. The van der Waals surface area contributed by atoms with Crippen LogP contribution in [0.2, 0.25) is 0 Å². The van der Waals surface area contributed by atoms with Crippen molar-refractivity contribution in [3.63, 3.8) is 0 Å². The summed E-state index contributed by atoms with van der Waals surface area (Å²) in [6, 6.07) is 4.72. The van der Waals surface area contributed by atoms with Crippen LogP contribution in [0.5, 0.6) is 0 Å². The molecule has 3 aliphatic carbocycles. The van der Waals surface area contributed by atoms with Crippen LogP contribution in [0.3, 0.4) is 0 Å². The van der Waals surface area contributed by atoms with Crippen molar-refractivity contribution in [2.24, 2.45) is 22.2 Å². The molecule has 0 aromatic carbocycles. The van der Waals surface area contributed by atoms with E-state index in [0.29, 0.717) is 5.92 Å². The maximum absolute atomic E-state index is 9.34. The van der Waals surface area contributed by atoms with Crippen LogP contribution in [0.1, 0.15) is 20.3 Å². The van der Waals surface area contributed by atoms with Gasteiger partial charge in [-0.05, 0) is 12.5 Å². The molecule has 0 amide bonds. The lowest BCUT2D eigenvalue weighted by Gasteiger charge is -2.31. The lowest BCUT2D eigenvalue weighted by atomic mass is 9.70. The van der Waals surface area contributed by atoms with Gasteiger partial charge >= 0.3 is 0 Å². The van der Waals surface area contributed by atoms with Crippen molar-refractivity contribution in [3.8, 4) is 12.1 Å². The van der Waals surface area contributed by atoms with Gasteiger partial charge in [0.1, 0.15) is 0 Å². The quantitative estimate of drug-likeness (QED) is 0.605. The van der Waals surface area contributed by atoms with E-state index < -0.39 is 0 Å². The summed E-state index contributed by atoms with van der Waals surface area (Å²) in [5.41, 5.74) is 0.249. The predicted octanol–water partition coefficient (Wildman–Crippen LogP) is 2.56. The second-order valence-corrected chi connectivity index (χ2v) is 5.01. The van der Waals surface area contributed by atoms with Crippen LogP contribution >= 0.6 is 0 Å². The van der Waals surface area contributed by atoms with E-state index >= 15 is 0 Å². The van der Waals surface area contributed by atoms with Gasteiger partial charge in [0.25, 0.3) is 0 Å². The van der Waals surface area contributed by atoms with Crippen LogP contribution in [0, 0.1) is 44.8 Å². The molecule has 15 heavy (non-hydrogen) atoms. The van der Waals surface area contributed by atoms with E-state index in [4.69, 9.17) is 0 Å². The highest BCUT2D eigenvalue weighted by Crippen LogP contribution is 2.86. The number of fused-ring (bicyclic) bond motifs is 1. The van der Waals surface area contributed by atoms with E-state index in [1.807, 2.05) is 6.08 Å². The fourth-order valence-corrected chi connectivity index (χ4v) is 4.10. The van der Waals surface area contributed by atoms with E-state index in [1.54, 1.807) is 0 Å². The topological polar surface area (TPSA) is 47.6 Å². The molecule has 0 heterocycles. The Labute approximate surface area is 89.5 Å². The molecule has 1 fully saturated rings. The summed E-state index contributed by atoms with van der Waals surface area (Å²) >= 11 is 0. The Morgan fingerprint density at radius 3 is 2.73 bits per heavy atom. The van der Waals surface area contributed by atoms with E-state index in [0.717, 1.165) is 12.0 Å². The fourth-order valence-electron chi connectivity index (χ4n) is 4.10. The van der Waals surface area contributed by atoms with Gasteiger partial charge in [0.2, 0.25) is 0 Å². The lowest BCUT2D eigenvalue weighted by molar-refractivity contribution is 0.269. The highest BCUT2D eigenvalue weighted by Gasteiger charge is 2.85. The molecule has 0 saturated heterocycles. The number of hydrogen-bond acceptors (Lipinski definition) is 2. The van der Waals surface area contributed by atoms with Gasteiger partial charge in [-0.2, -0.15) is 10.5 Å². The summed E-state index contributed by atoms with van der Waals surface area (Å²) in [5, 5.41) is 18.5. The zero-order chi connectivity index (χ0) is 10.9. The van der Waals surface area contributed by atoms with Crippen molar-refractivity contribution < 1.29 is 0 Å². The van der Waals surface area contributed by atoms with Crippen molar-refractivity contribution in [2.75, 3.05) is 0 Å². The molecule has 0 spiro atoms. The SMILES string of the molecule is CCC12C=CC3C(C#N)(C=C1C#N)C32C. The number of nitrogens with zero attached hydrogens (tertiary/aromatic N) is 2. The smallest absolute Gasteiger partial charge is 0.0953 e. The Morgan fingerprint density at radius 2 is 2.20 bits per heavy atom. The fraction of sp³-hybridized carbons (Fsp3) is 0.538. The molecule has 2 heteroatoms. The number of nitriles is 2. The molecule has 0 N–H and O–H groups in total. The minimum atomic E-state index is -0.372. The molecule has 0 aromatic rings. The first-order chi connectivity index (χ1) is 7.13. The summed E-state index contributed by atoms with van der Waals surface area (Å²) in [4.78, 5) is 0. The molecule has 4 atom stereocenters. The minimum absolute atomic E-state index is 0.0332. The van der Waals surface area contributed by atoms with Crippen LogP contribution in [-0.4, -0.2) is 0 Å². The van der Waals surface area contributed by atoms with E-state index in [2.05, 4.69) is 38.1 Å². The average molecular weight is 196 g/mol. The molecule has 0 bridgehead atoms. The Kier molecular flexibility index (Phi) is 1.18. The molecule has 1 saturated carbocycles. The summed E-state index contributed by atoms with van der Waals surface area (Å²) in [7, 11) is 0. The zero-order valence-electron chi connectivity index (χ0n) is 8.91. The molecule has 3 aliphatic rings. The molecular formula is C13H12N2. The normalized spacial score (nSPS) is 53.1. The van der Waals surface area contributed by atoms with Crippen molar-refractivity contribution >= 4 is 0 Å². The molecular weight excluding hydrogens is 184 g/mol. The number of hydrogen-bond donors (Lipinski definition) is 0. The summed E-state index contributed by atoms with van der Waals surface area (Å²) in [5.74, 6) is 0.340. The molecule has 0 aromatic heterocycles. The van der Waals surface area contributed by atoms with Gasteiger partial charge in [-0.25, -0.2) is 0 Å². The Balaban J connectivity index is 2.29. The first-order valence-electron chi connectivity index (χ1n) is 5.37. The molecule has 0 aliphatic heterocycles. The molecule has 3 rings (SSSR count). The zero-order valence-corrected chi connectivity index (χ0v) is 8.91. The van der Waals surface area contributed by atoms with Gasteiger partial charge in [0, 0.05) is 22.3 Å². The maximum atomic E-state index is 9.34. The van der Waals surface area contributed by atoms with Crippen LogP contribution in [0.15, 0.2) is 23.8 Å². The monoisotopic (exact) mass is 196 g/mol. The highest BCUT2D eigenvalue weighted by molar-refractivity contribution is 5.62. The van der Waals surface area contributed by atoms with Crippen molar-refractivity contribution in [1.29, 1.82) is 10.5 Å². The average Bonchev–Trinajstić information content (AvgIpc) is 2.58.